The van der Waals surface area contributed by atoms with Crippen LogP contribution in [-0.2, 0) is 14.3 Å². The summed E-state index contributed by atoms with van der Waals surface area (Å²) in [7, 11) is 0. The Kier molecular flexibility index (Phi) is 5.39. The van der Waals surface area contributed by atoms with Crippen LogP contribution in [0.3, 0.4) is 0 Å². The summed E-state index contributed by atoms with van der Waals surface area (Å²) >= 11 is 5.98. The van der Waals surface area contributed by atoms with E-state index in [1.807, 2.05) is 0 Å². The zero-order valence-corrected chi connectivity index (χ0v) is 16.1. The van der Waals surface area contributed by atoms with Gasteiger partial charge in [0.2, 0.25) is 5.91 Å². The molecule has 1 spiro atoms. The lowest BCUT2D eigenvalue weighted by Gasteiger charge is -2.42. The molecule has 27 heavy (non-hydrogen) atoms. The standard InChI is InChI=1S/C20H25ClN2O4/c21-16-6-4-15(5-7-16)18(24)23-17(19(25)22-10-12-26-13-11-22)14-27-20(23)8-2-1-3-9-20/h4-7,17H,1-3,8-14H2/t17-/m1/s1. The van der Waals surface area contributed by atoms with Crippen LogP contribution in [0.1, 0.15) is 42.5 Å². The van der Waals surface area contributed by atoms with E-state index in [1.54, 1.807) is 34.1 Å². The van der Waals surface area contributed by atoms with Crippen LogP contribution in [-0.4, -0.2) is 66.3 Å². The third kappa shape index (κ3) is 3.58. The van der Waals surface area contributed by atoms with Crippen LogP contribution in [0.15, 0.2) is 24.3 Å². The molecular weight excluding hydrogens is 368 g/mol. The molecular formula is C20H25ClN2O4. The number of ether oxygens (including phenoxy) is 2. The monoisotopic (exact) mass is 392 g/mol. The van der Waals surface area contributed by atoms with Crippen molar-refractivity contribution < 1.29 is 19.1 Å². The third-order valence-electron chi connectivity index (χ3n) is 5.81. The molecule has 6 nitrogen and oxygen atoms in total. The second kappa shape index (κ2) is 7.78. The van der Waals surface area contributed by atoms with E-state index in [1.165, 1.54) is 0 Å². The van der Waals surface area contributed by atoms with Crippen LogP contribution in [0.25, 0.3) is 0 Å². The minimum Gasteiger partial charge on any atom is -0.378 e. The molecule has 1 aliphatic carbocycles. The Balaban J connectivity index is 1.64. The van der Waals surface area contributed by atoms with Crippen LogP contribution in [0.2, 0.25) is 5.02 Å². The summed E-state index contributed by atoms with van der Waals surface area (Å²) in [6.45, 7) is 2.46. The Morgan fingerprint density at radius 1 is 1.04 bits per heavy atom. The molecule has 3 aliphatic rings. The van der Waals surface area contributed by atoms with Crippen molar-refractivity contribution in [2.45, 2.75) is 43.9 Å². The molecule has 4 rings (SSSR count). The van der Waals surface area contributed by atoms with Gasteiger partial charge in [0.05, 0.1) is 19.8 Å². The van der Waals surface area contributed by atoms with Crippen LogP contribution >= 0.6 is 11.6 Å². The second-order valence-electron chi connectivity index (χ2n) is 7.45. The highest BCUT2D eigenvalue weighted by Gasteiger charge is 2.53. The molecule has 2 saturated heterocycles. The van der Waals surface area contributed by atoms with Crippen molar-refractivity contribution in [2.75, 3.05) is 32.9 Å². The Morgan fingerprint density at radius 2 is 1.70 bits per heavy atom. The Bertz CT molecular complexity index is 696. The Hall–Kier alpha value is -1.63. The molecule has 2 aliphatic heterocycles. The minimum absolute atomic E-state index is 0.0388. The van der Waals surface area contributed by atoms with E-state index in [0.29, 0.717) is 36.9 Å². The summed E-state index contributed by atoms with van der Waals surface area (Å²) in [5, 5.41) is 0.581. The van der Waals surface area contributed by atoms with Crippen molar-refractivity contribution in [3.8, 4) is 0 Å². The van der Waals surface area contributed by atoms with E-state index >= 15 is 0 Å². The van der Waals surface area contributed by atoms with E-state index < -0.39 is 11.8 Å². The number of amides is 2. The van der Waals surface area contributed by atoms with E-state index in [2.05, 4.69) is 0 Å². The van der Waals surface area contributed by atoms with Gasteiger partial charge in [-0.1, -0.05) is 18.0 Å². The molecule has 146 valence electrons. The molecule has 0 N–H and O–H groups in total. The summed E-state index contributed by atoms with van der Waals surface area (Å²) in [6.07, 6.45) is 4.69. The quantitative estimate of drug-likeness (QED) is 0.776. The highest BCUT2D eigenvalue weighted by atomic mass is 35.5. The van der Waals surface area contributed by atoms with Crippen molar-refractivity contribution in [1.82, 2.24) is 9.80 Å². The van der Waals surface area contributed by atoms with Gasteiger partial charge in [0, 0.05) is 23.7 Å². The number of benzene rings is 1. The number of nitrogens with zero attached hydrogens (tertiary/aromatic N) is 2. The number of halogens is 1. The van der Waals surface area contributed by atoms with Gasteiger partial charge < -0.3 is 14.4 Å². The summed E-state index contributed by atoms with van der Waals surface area (Å²) in [5.74, 6) is -0.194. The van der Waals surface area contributed by atoms with E-state index in [9.17, 15) is 9.59 Å². The van der Waals surface area contributed by atoms with Crippen LogP contribution < -0.4 is 0 Å². The third-order valence-corrected chi connectivity index (χ3v) is 6.07. The summed E-state index contributed by atoms with van der Waals surface area (Å²) in [6, 6.07) is 6.27. The van der Waals surface area contributed by atoms with Gasteiger partial charge >= 0.3 is 0 Å². The first kappa shape index (κ1) is 18.7. The van der Waals surface area contributed by atoms with Gasteiger partial charge in [-0.15, -0.1) is 0 Å². The minimum atomic E-state index is -0.665. The van der Waals surface area contributed by atoms with Gasteiger partial charge in [-0.25, -0.2) is 0 Å². The largest absolute Gasteiger partial charge is 0.378 e. The summed E-state index contributed by atoms with van der Waals surface area (Å²) < 4.78 is 11.5. The molecule has 1 aromatic carbocycles. The lowest BCUT2D eigenvalue weighted by atomic mass is 9.89. The van der Waals surface area contributed by atoms with E-state index in [0.717, 1.165) is 32.1 Å². The maximum Gasteiger partial charge on any atom is 0.256 e. The number of rotatable bonds is 2. The smallest absolute Gasteiger partial charge is 0.256 e. The molecule has 1 atom stereocenters. The normalized spacial score (nSPS) is 25.0. The predicted octanol–water partition coefficient (Wildman–Crippen LogP) is 2.70. The fourth-order valence-corrected chi connectivity index (χ4v) is 4.51. The van der Waals surface area contributed by atoms with Crippen LogP contribution in [0, 0.1) is 0 Å². The van der Waals surface area contributed by atoms with Crippen LogP contribution in [0.4, 0.5) is 0 Å². The average molecular weight is 393 g/mol. The van der Waals surface area contributed by atoms with Crippen molar-refractivity contribution >= 4 is 23.4 Å². The Labute approximate surface area is 164 Å². The second-order valence-corrected chi connectivity index (χ2v) is 7.89. The fraction of sp³-hybridized carbons (Fsp3) is 0.600. The SMILES string of the molecule is O=C([C@H]1COC2(CCCCC2)N1C(=O)c1ccc(Cl)cc1)N1CCOCC1. The van der Waals surface area contributed by atoms with Gasteiger partial charge in [0.15, 0.2) is 0 Å². The number of carbonyl (C=O) groups is 2. The molecule has 0 unspecified atom stereocenters. The van der Waals surface area contributed by atoms with E-state index in [4.69, 9.17) is 21.1 Å². The fourth-order valence-electron chi connectivity index (χ4n) is 4.39. The molecule has 1 aromatic rings. The maximum atomic E-state index is 13.4. The highest BCUT2D eigenvalue weighted by Crippen LogP contribution is 2.41. The van der Waals surface area contributed by atoms with Gasteiger partial charge in [0.25, 0.3) is 5.91 Å². The van der Waals surface area contributed by atoms with Crippen LogP contribution in [0.5, 0.6) is 0 Å². The predicted molar refractivity (Wildman–Crippen MR) is 101 cm³/mol. The zero-order valence-electron chi connectivity index (χ0n) is 15.4. The van der Waals surface area contributed by atoms with Gasteiger partial charge in [-0.2, -0.15) is 0 Å². The first-order valence-electron chi connectivity index (χ1n) is 9.70. The maximum absolute atomic E-state index is 13.4. The number of morpholine rings is 1. The first-order chi connectivity index (χ1) is 13.1. The zero-order chi connectivity index (χ0) is 18.9. The Morgan fingerprint density at radius 3 is 2.37 bits per heavy atom. The average Bonchev–Trinajstić information content (AvgIpc) is 3.07. The van der Waals surface area contributed by atoms with Crippen molar-refractivity contribution in [3.05, 3.63) is 34.9 Å². The molecule has 0 aromatic heterocycles. The van der Waals surface area contributed by atoms with Crippen molar-refractivity contribution in [3.63, 3.8) is 0 Å². The lowest BCUT2D eigenvalue weighted by molar-refractivity contribution is -0.141. The molecule has 7 heteroatoms. The van der Waals surface area contributed by atoms with Gasteiger partial charge in [0.1, 0.15) is 11.8 Å². The van der Waals surface area contributed by atoms with E-state index in [-0.39, 0.29) is 18.4 Å². The van der Waals surface area contributed by atoms with Crippen molar-refractivity contribution in [2.24, 2.45) is 0 Å². The summed E-state index contributed by atoms with van der Waals surface area (Å²) in [4.78, 5) is 30.2. The molecule has 2 amide bonds. The highest BCUT2D eigenvalue weighted by molar-refractivity contribution is 6.30. The number of carbonyl (C=O) groups excluding carboxylic acids is 2. The molecule has 3 fully saturated rings. The van der Waals surface area contributed by atoms with Gasteiger partial charge in [-0.05, 0) is 49.9 Å². The van der Waals surface area contributed by atoms with Gasteiger partial charge in [-0.3, -0.25) is 14.5 Å². The molecule has 2 heterocycles. The van der Waals surface area contributed by atoms with Crippen molar-refractivity contribution in [1.29, 1.82) is 0 Å². The molecule has 0 bridgehead atoms. The summed E-state index contributed by atoms with van der Waals surface area (Å²) in [5.41, 5.74) is -0.128. The first-order valence-corrected chi connectivity index (χ1v) is 10.1. The molecule has 0 radical (unpaired) electrons. The topological polar surface area (TPSA) is 59.1 Å². The molecule has 1 saturated carbocycles. The number of hydrogen-bond donors (Lipinski definition) is 0. The lowest BCUT2D eigenvalue weighted by Crippen LogP contribution is -2.58. The number of hydrogen-bond acceptors (Lipinski definition) is 4.